The van der Waals surface area contributed by atoms with Gasteiger partial charge in [-0.2, -0.15) is 0 Å². The molecule has 0 bridgehead atoms. The number of allylic oxidation sites excluding steroid dienone is 1. The average molecular weight is 425 g/mol. The van der Waals surface area contributed by atoms with Crippen LogP contribution < -0.4 is 21.9 Å². The number of carbonyl (C=O) groups excluding carboxylic acids is 1. The van der Waals surface area contributed by atoms with Crippen LogP contribution in [0.1, 0.15) is 57.9 Å². The summed E-state index contributed by atoms with van der Waals surface area (Å²) >= 11 is 0. The Hall–Kier alpha value is -3.09. The van der Waals surface area contributed by atoms with Gasteiger partial charge in [0.2, 0.25) is 5.91 Å². The highest BCUT2D eigenvalue weighted by Crippen LogP contribution is 2.25. The quantitative estimate of drug-likeness (QED) is 0.634. The van der Waals surface area contributed by atoms with E-state index in [-0.39, 0.29) is 29.9 Å². The largest absolute Gasteiger partial charge is 0.383 e. The number of rotatable bonds is 8. The van der Waals surface area contributed by atoms with E-state index in [9.17, 15) is 14.4 Å². The summed E-state index contributed by atoms with van der Waals surface area (Å²) in [5, 5.41) is 0. The lowest BCUT2D eigenvalue weighted by Gasteiger charge is -2.27. The van der Waals surface area contributed by atoms with Crippen LogP contribution in [0.5, 0.6) is 0 Å². The molecule has 2 aromatic rings. The summed E-state index contributed by atoms with van der Waals surface area (Å²) in [6.07, 6.45) is 7.99. The van der Waals surface area contributed by atoms with Gasteiger partial charge in [0.05, 0.1) is 6.54 Å². The molecule has 1 aromatic heterocycles. The predicted molar refractivity (Wildman–Crippen MR) is 124 cm³/mol. The molecule has 3 rings (SSSR count). The second kappa shape index (κ2) is 10.3. The molecule has 3 N–H and O–H groups in total. The molecule has 0 fully saturated rings. The first-order chi connectivity index (χ1) is 14.9. The van der Waals surface area contributed by atoms with Crippen molar-refractivity contribution in [2.75, 3.05) is 17.2 Å². The van der Waals surface area contributed by atoms with Gasteiger partial charge in [-0.1, -0.05) is 55.8 Å². The van der Waals surface area contributed by atoms with Crippen LogP contribution in [0.25, 0.3) is 0 Å². The number of nitrogens with zero attached hydrogens (tertiary/aromatic N) is 2. The molecule has 31 heavy (non-hydrogen) atoms. The molecule has 7 heteroatoms. The van der Waals surface area contributed by atoms with Crippen LogP contribution in [0.15, 0.2) is 51.6 Å². The fraction of sp³-hybridized carbons (Fsp3) is 0.458. The van der Waals surface area contributed by atoms with E-state index < -0.39 is 11.2 Å². The molecule has 1 heterocycles. The van der Waals surface area contributed by atoms with Crippen molar-refractivity contribution in [1.82, 2.24) is 9.55 Å². The van der Waals surface area contributed by atoms with Gasteiger partial charge in [0.25, 0.3) is 5.56 Å². The van der Waals surface area contributed by atoms with Crippen molar-refractivity contribution in [3.8, 4) is 0 Å². The first kappa shape index (κ1) is 22.6. The van der Waals surface area contributed by atoms with Crippen molar-refractivity contribution < 1.29 is 4.79 Å². The van der Waals surface area contributed by atoms with Crippen molar-refractivity contribution in [1.29, 1.82) is 0 Å². The van der Waals surface area contributed by atoms with Crippen LogP contribution in [0.4, 0.5) is 11.5 Å². The number of anilines is 2. The Morgan fingerprint density at radius 2 is 1.97 bits per heavy atom. The number of hydrogen-bond acceptors (Lipinski definition) is 4. The first-order valence-corrected chi connectivity index (χ1v) is 11.1. The third-order valence-corrected chi connectivity index (χ3v) is 6.01. The maximum Gasteiger partial charge on any atom is 0.330 e. The third kappa shape index (κ3) is 5.34. The summed E-state index contributed by atoms with van der Waals surface area (Å²) in [5.41, 5.74) is 7.40. The Morgan fingerprint density at radius 3 is 2.61 bits per heavy atom. The minimum Gasteiger partial charge on any atom is -0.383 e. The average Bonchev–Trinajstić information content (AvgIpc) is 2.79. The number of nitrogens with two attached hydrogens (primary N) is 1. The van der Waals surface area contributed by atoms with Crippen LogP contribution in [-0.2, 0) is 11.3 Å². The molecule has 1 aromatic carbocycles. The van der Waals surface area contributed by atoms with Gasteiger partial charge in [-0.25, -0.2) is 4.79 Å². The highest BCUT2D eigenvalue weighted by molar-refractivity contribution is 5.96. The van der Waals surface area contributed by atoms with Gasteiger partial charge in [0, 0.05) is 12.5 Å². The zero-order chi connectivity index (χ0) is 22.4. The van der Waals surface area contributed by atoms with E-state index >= 15 is 0 Å². The van der Waals surface area contributed by atoms with E-state index in [2.05, 4.69) is 11.1 Å². The predicted octanol–water partition coefficient (Wildman–Crippen LogP) is 3.44. The summed E-state index contributed by atoms with van der Waals surface area (Å²) in [5.74, 6) is -0.387. The third-order valence-electron chi connectivity index (χ3n) is 6.01. The highest BCUT2D eigenvalue weighted by Gasteiger charge is 2.27. The number of carbonyl (C=O) groups is 1. The first-order valence-electron chi connectivity index (χ1n) is 11.1. The molecule has 1 atom stereocenters. The smallest absolute Gasteiger partial charge is 0.330 e. The number of H-pyrrole nitrogens is 1. The fourth-order valence-corrected chi connectivity index (χ4v) is 3.92. The second-order valence-corrected chi connectivity index (χ2v) is 8.22. The number of hydrogen-bond donors (Lipinski definition) is 2. The van der Waals surface area contributed by atoms with E-state index in [4.69, 9.17) is 5.73 Å². The molecule has 1 amide bonds. The zero-order valence-corrected chi connectivity index (χ0v) is 18.4. The van der Waals surface area contributed by atoms with Crippen molar-refractivity contribution in [3.05, 3.63) is 68.4 Å². The van der Waals surface area contributed by atoms with E-state index in [1.165, 1.54) is 21.5 Å². The molecule has 1 aliphatic rings. The van der Waals surface area contributed by atoms with Crippen LogP contribution in [0.2, 0.25) is 0 Å². The lowest BCUT2D eigenvalue weighted by atomic mass is 9.97. The maximum atomic E-state index is 13.2. The number of amides is 1. The van der Waals surface area contributed by atoms with Crippen LogP contribution >= 0.6 is 0 Å². The maximum absolute atomic E-state index is 13.2. The van der Waals surface area contributed by atoms with Crippen molar-refractivity contribution in [2.24, 2.45) is 5.92 Å². The normalized spacial score (nSPS) is 14.7. The van der Waals surface area contributed by atoms with Crippen molar-refractivity contribution >= 4 is 17.4 Å². The van der Waals surface area contributed by atoms with Crippen molar-refractivity contribution in [3.63, 3.8) is 0 Å². The molecule has 0 radical (unpaired) electrons. The standard InChI is InChI=1S/C24H32N4O3/c1-3-17(2)23(30)27(15-14-18-10-6-4-7-11-18)20-21(25)28(24(31)26-22(20)29)16-19-12-8-5-9-13-19/h5,8-10,12-13,17H,3-4,6-7,11,14-16,25H2,1-2H3,(H,26,29,31). The molecule has 7 nitrogen and oxygen atoms in total. The van der Waals surface area contributed by atoms with E-state index in [0.717, 1.165) is 24.8 Å². The number of nitrogen functional groups attached to an aromatic ring is 1. The van der Waals surface area contributed by atoms with E-state index in [0.29, 0.717) is 19.4 Å². The number of aromatic amines is 1. The SMILES string of the molecule is CCC(C)C(=O)N(CCC1=CCCCC1)c1c(N)n(Cc2ccccc2)c(=O)[nH]c1=O. The molecule has 0 aliphatic heterocycles. The zero-order valence-electron chi connectivity index (χ0n) is 18.4. The number of aromatic nitrogens is 2. The lowest BCUT2D eigenvalue weighted by Crippen LogP contribution is -2.43. The van der Waals surface area contributed by atoms with Crippen LogP contribution in [0, 0.1) is 5.92 Å². The lowest BCUT2D eigenvalue weighted by molar-refractivity contribution is -0.122. The molecule has 166 valence electrons. The van der Waals surface area contributed by atoms with Gasteiger partial charge in [-0.3, -0.25) is 19.1 Å². The minimum absolute atomic E-state index is 0.0203. The summed E-state index contributed by atoms with van der Waals surface area (Å²) in [4.78, 5) is 42.4. The monoisotopic (exact) mass is 424 g/mol. The van der Waals surface area contributed by atoms with Gasteiger partial charge in [-0.05, 0) is 44.1 Å². The Bertz CT molecular complexity index is 1050. The molecule has 0 saturated carbocycles. The second-order valence-electron chi connectivity index (χ2n) is 8.22. The van der Waals surface area contributed by atoms with Gasteiger partial charge < -0.3 is 10.6 Å². The van der Waals surface area contributed by atoms with E-state index in [1.807, 2.05) is 44.2 Å². The van der Waals surface area contributed by atoms with Crippen LogP contribution in [0.3, 0.4) is 0 Å². The Morgan fingerprint density at radius 1 is 1.23 bits per heavy atom. The van der Waals surface area contributed by atoms with E-state index in [1.54, 1.807) is 0 Å². The molecular weight excluding hydrogens is 392 g/mol. The topological polar surface area (TPSA) is 101 Å². The molecule has 1 aliphatic carbocycles. The van der Waals surface area contributed by atoms with Gasteiger partial charge in [-0.15, -0.1) is 0 Å². The fourth-order valence-electron chi connectivity index (χ4n) is 3.92. The summed E-state index contributed by atoms with van der Waals surface area (Å²) in [7, 11) is 0. The highest BCUT2D eigenvalue weighted by atomic mass is 16.2. The van der Waals surface area contributed by atoms with Crippen molar-refractivity contribution in [2.45, 2.75) is 58.9 Å². The van der Waals surface area contributed by atoms with Gasteiger partial charge in [0.1, 0.15) is 5.82 Å². The van der Waals surface area contributed by atoms with Gasteiger partial charge in [0.15, 0.2) is 5.69 Å². The Kier molecular flexibility index (Phi) is 7.50. The molecule has 0 spiro atoms. The Balaban J connectivity index is 2.01. The van der Waals surface area contributed by atoms with Crippen LogP contribution in [-0.4, -0.2) is 22.0 Å². The number of nitrogens with one attached hydrogen (secondary N) is 1. The molecule has 0 saturated heterocycles. The summed E-state index contributed by atoms with van der Waals surface area (Å²) < 4.78 is 1.32. The number of benzene rings is 1. The molecular formula is C24H32N4O3. The minimum atomic E-state index is -0.624. The summed E-state index contributed by atoms with van der Waals surface area (Å²) in [6.45, 7) is 4.37. The Labute approximate surface area is 182 Å². The van der Waals surface area contributed by atoms with Gasteiger partial charge >= 0.3 is 5.69 Å². The molecule has 1 unspecified atom stereocenters. The summed E-state index contributed by atoms with van der Waals surface area (Å²) in [6, 6.07) is 9.41.